The molecule has 7 heteroatoms. The highest BCUT2D eigenvalue weighted by molar-refractivity contribution is 6.06. The smallest absolute Gasteiger partial charge is 0.334 e. The maximum Gasteiger partial charge on any atom is 0.334 e. The molecule has 0 aliphatic carbocycles. The number of carboxylic acids is 3. The molecule has 2 rings (SSSR count). The van der Waals surface area contributed by atoms with Crippen LogP contribution in [-0.4, -0.2) is 38.9 Å². The highest BCUT2D eigenvalue weighted by Crippen LogP contribution is 2.40. The van der Waals surface area contributed by atoms with Crippen molar-refractivity contribution >= 4 is 29.7 Å². The second kappa shape index (κ2) is 7.12. The maximum atomic E-state index is 11.8. The molecule has 3 N–H and O–H groups in total. The zero-order chi connectivity index (χ0) is 18.7. The standard InChI is InChI=1S/C18H17NO6/c1-9-14(17(22)23)16(15(18(24)25)10(2)19-9)12-6-4-3-5-11(12)7-8-13(20)21/h3-8,14,16H,1-2H3,(H,20,21)(H,22,23)(H,24,25). The van der Waals surface area contributed by atoms with E-state index < -0.39 is 29.7 Å². The first-order valence-electron chi connectivity index (χ1n) is 7.46. The van der Waals surface area contributed by atoms with E-state index in [2.05, 4.69) is 4.99 Å². The molecule has 1 aromatic carbocycles. The molecule has 0 amide bonds. The van der Waals surface area contributed by atoms with Gasteiger partial charge in [0.15, 0.2) is 0 Å². The quantitative estimate of drug-likeness (QED) is 0.705. The van der Waals surface area contributed by atoms with Crippen LogP contribution in [0.25, 0.3) is 6.08 Å². The molecule has 0 spiro atoms. The summed E-state index contributed by atoms with van der Waals surface area (Å²) in [5, 5.41) is 28.1. The molecule has 1 aliphatic rings. The van der Waals surface area contributed by atoms with Crippen LogP contribution in [0.3, 0.4) is 0 Å². The van der Waals surface area contributed by atoms with Gasteiger partial charge in [-0.15, -0.1) is 0 Å². The van der Waals surface area contributed by atoms with Crippen LogP contribution in [0.5, 0.6) is 0 Å². The molecule has 2 unspecified atom stereocenters. The van der Waals surface area contributed by atoms with Crippen LogP contribution in [0.4, 0.5) is 0 Å². The minimum absolute atomic E-state index is 0.103. The van der Waals surface area contributed by atoms with Crippen LogP contribution in [0.1, 0.15) is 30.9 Å². The lowest BCUT2D eigenvalue weighted by Crippen LogP contribution is -2.35. The summed E-state index contributed by atoms with van der Waals surface area (Å²) in [6.45, 7) is 3.07. The molecule has 0 radical (unpaired) electrons. The molecule has 0 aromatic heterocycles. The average Bonchev–Trinajstić information content (AvgIpc) is 2.51. The van der Waals surface area contributed by atoms with Gasteiger partial charge in [0, 0.05) is 23.4 Å². The molecular weight excluding hydrogens is 326 g/mol. The van der Waals surface area contributed by atoms with Crippen molar-refractivity contribution in [3.8, 4) is 0 Å². The maximum absolute atomic E-state index is 11.8. The fraction of sp³-hybridized carbons (Fsp3) is 0.222. The highest BCUT2D eigenvalue weighted by atomic mass is 16.4. The average molecular weight is 343 g/mol. The molecule has 130 valence electrons. The number of hydrogen-bond donors (Lipinski definition) is 3. The van der Waals surface area contributed by atoms with Crippen LogP contribution in [0, 0.1) is 5.92 Å². The van der Waals surface area contributed by atoms with E-state index >= 15 is 0 Å². The first kappa shape index (κ1) is 18.1. The molecule has 2 atom stereocenters. The summed E-state index contributed by atoms with van der Waals surface area (Å²) < 4.78 is 0. The van der Waals surface area contributed by atoms with E-state index in [-0.39, 0.29) is 11.3 Å². The lowest BCUT2D eigenvalue weighted by Gasteiger charge is -2.30. The second-order valence-corrected chi connectivity index (χ2v) is 5.65. The van der Waals surface area contributed by atoms with E-state index in [1.165, 1.54) is 13.0 Å². The number of rotatable bonds is 5. The van der Waals surface area contributed by atoms with Gasteiger partial charge in [-0.25, -0.2) is 9.59 Å². The predicted octanol–water partition coefficient (Wildman–Crippen LogP) is 2.40. The molecule has 0 saturated heterocycles. The Bertz CT molecular complexity index is 834. The third-order valence-electron chi connectivity index (χ3n) is 4.06. The van der Waals surface area contributed by atoms with Crippen molar-refractivity contribution in [3.05, 3.63) is 52.7 Å². The van der Waals surface area contributed by atoms with Crippen LogP contribution in [-0.2, 0) is 14.4 Å². The van der Waals surface area contributed by atoms with E-state index in [0.29, 0.717) is 16.8 Å². The summed E-state index contributed by atoms with van der Waals surface area (Å²) in [4.78, 5) is 38.5. The van der Waals surface area contributed by atoms with Crippen molar-refractivity contribution in [1.29, 1.82) is 0 Å². The number of aliphatic carboxylic acids is 3. The molecule has 1 aromatic rings. The van der Waals surface area contributed by atoms with E-state index in [1.54, 1.807) is 31.2 Å². The molecule has 7 nitrogen and oxygen atoms in total. The molecule has 0 bridgehead atoms. The van der Waals surface area contributed by atoms with Crippen molar-refractivity contribution in [2.45, 2.75) is 19.8 Å². The summed E-state index contributed by atoms with van der Waals surface area (Å²) in [6.07, 6.45) is 2.25. The summed E-state index contributed by atoms with van der Waals surface area (Å²) in [6, 6.07) is 6.55. The van der Waals surface area contributed by atoms with E-state index in [4.69, 9.17) is 5.11 Å². The minimum atomic E-state index is -1.25. The van der Waals surface area contributed by atoms with Gasteiger partial charge < -0.3 is 15.3 Å². The number of allylic oxidation sites excluding steroid dienone is 1. The van der Waals surface area contributed by atoms with Crippen molar-refractivity contribution in [2.75, 3.05) is 0 Å². The molecular formula is C18H17NO6. The Hall–Kier alpha value is -3.22. The Morgan fingerprint density at radius 1 is 1.08 bits per heavy atom. The SMILES string of the molecule is CC1=NC(C)=C(C(=O)O)C(c2ccccc2C=CC(=O)O)C1C(=O)O. The van der Waals surface area contributed by atoms with Crippen LogP contribution < -0.4 is 0 Å². The van der Waals surface area contributed by atoms with Crippen LogP contribution in [0.15, 0.2) is 46.6 Å². The number of carbonyl (C=O) groups is 3. The monoisotopic (exact) mass is 343 g/mol. The fourth-order valence-electron chi connectivity index (χ4n) is 3.08. The summed E-state index contributed by atoms with van der Waals surface area (Å²) in [5.74, 6) is -5.70. The molecule has 0 fully saturated rings. The van der Waals surface area contributed by atoms with Crippen molar-refractivity contribution in [1.82, 2.24) is 0 Å². The van der Waals surface area contributed by atoms with Gasteiger partial charge in [0.25, 0.3) is 0 Å². The van der Waals surface area contributed by atoms with Crippen molar-refractivity contribution in [2.24, 2.45) is 10.9 Å². The summed E-state index contributed by atoms with van der Waals surface area (Å²) in [7, 11) is 0. The lowest BCUT2D eigenvalue weighted by atomic mass is 9.74. The van der Waals surface area contributed by atoms with Gasteiger partial charge in [-0.05, 0) is 31.1 Å². The largest absolute Gasteiger partial charge is 0.481 e. The van der Waals surface area contributed by atoms with E-state index in [0.717, 1.165) is 6.08 Å². The Morgan fingerprint density at radius 2 is 1.72 bits per heavy atom. The first-order valence-corrected chi connectivity index (χ1v) is 7.46. The zero-order valence-electron chi connectivity index (χ0n) is 13.6. The lowest BCUT2D eigenvalue weighted by molar-refractivity contribution is -0.140. The topological polar surface area (TPSA) is 124 Å². The zero-order valence-corrected chi connectivity index (χ0v) is 13.6. The fourth-order valence-corrected chi connectivity index (χ4v) is 3.08. The number of hydrogen-bond acceptors (Lipinski definition) is 4. The summed E-state index contributed by atoms with van der Waals surface area (Å²) in [5.41, 5.74) is 1.32. The van der Waals surface area contributed by atoms with Crippen LogP contribution >= 0.6 is 0 Å². The predicted molar refractivity (Wildman–Crippen MR) is 90.4 cm³/mol. The molecule has 25 heavy (non-hydrogen) atoms. The van der Waals surface area contributed by atoms with E-state index in [9.17, 15) is 24.6 Å². The molecule has 0 saturated carbocycles. The first-order chi connectivity index (χ1) is 11.7. The van der Waals surface area contributed by atoms with Crippen molar-refractivity contribution in [3.63, 3.8) is 0 Å². The Balaban J connectivity index is 2.72. The van der Waals surface area contributed by atoms with Gasteiger partial charge in [-0.3, -0.25) is 9.79 Å². The number of carboxylic acid groups (broad SMARTS) is 3. The summed E-state index contributed by atoms with van der Waals surface area (Å²) >= 11 is 0. The number of nitrogens with zero attached hydrogens (tertiary/aromatic N) is 1. The molecule has 1 aliphatic heterocycles. The Labute approximate surface area is 143 Å². The Kier molecular flexibility index (Phi) is 5.17. The van der Waals surface area contributed by atoms with E-state index in [1.807, 2.05) is 0 Å². The van der Waals surface area contributed by atoms with Gasteiger partial charge in [0.05, 0.1) is 5.57 Å². The minimum Gasteiger partial charge on any atom is -0.481 e. The number of benzene rings is 1. The third kappa shape index (κ3) is 3.65. The number of aliphatic imine (C=N–C) groups is 1. The highest BCUT2D eigenvalue weighted by Gasteiger charge is 2.41. The van der Waals surface area contributed by atoms with Gasteiger partial charge in [-0.2, -0.15) is 0 Å². The van der Waals surface area contributed by atoms with Gasteiger partial charge in [0.1, 0.15) is 5.92 Å². The van der Waals surface area contributed by atoms with Gasteiger partial charge in [-0.1, -0.05) is 24.3 Å². The van der Waals surface area contributed by atoms with Crippen molar-refractivity contribution < 1.29 is 29.7 Å². The Morgan fingerprint density at radius 3 is 2.28 bits per heavy atom. The molecule has 1 heterocycles. The van der Waals surface area contributed by atoms with Crippen LogP contribution in [0.2, 0.25) is 0 Å². The third-order valence-corrected chi connectivity index (χ3v) is 4.06. The van der Waals surface area contributed by atoms with Gasteiger partial charge >= 0.3 is 17.9 Å². The van der Waals surface area contributed by atoms with Gasteiger partial charge in [0.2, 0.25) is 0 Å². The normalized spacial score (nSPS) is 20.5. The second-order valence-electron chi connectivity index (χ2n) is 5.65.